The summed E-state index contributed by atoms with van der Waals surface area (Å²) in [7, 11) is 1.57. The van der Waals surface area contributed by atoms with Crippen molar-refractivity contribution in [2.45, 2.75) is 38.6 Å². The number of carbonyl (C=O) groups is 1. The van der Waals surface area contributed by atoms with Gasteiger partial charge in [0.15, 0.2) is 0 Å². The van der Waals surface area contributed by atoms with Crippen LogP contribution in [0.25, 0.3) is 0 Å². The van der Waals surface area contributed by atoms with Gasteiger partial charge in [-0.15, -0.1) is 0 Å². The molecule has 0 radical (unpaired) electrons. The normalized spacial score (nSPS) is 28.4. The van der Waals surface area contributed by atoms with E-state index in [0.29, 0.717) is 22.9 Å². The Morgan fingerprint density at radius 2 is 2.19 bits per heavy atom. The maximum atomic E-state index is 12.5. The van der Waals surface area contributed by atoms with Gasteiger partial charge >= 0.3 is 0 Å². The van der Waals surface area contributed by atoms with Crippen molar-refractivity contribution in [1.82, 2.24) is 5.32 Å². The molecule has 1 amide bonds. The molecule has 1 aromatic rings. The highest BCUT2D eigenvalue weighted by atomic mass is 16.5. The summed E-state index contributed by atoms with van der Waals surface area (Å²) in [5, 5.41) is 3.15. The maximum absolute atomic E-state index is 12.5. The fourth-order valence-electron chi connectivity index (χ4n) is 4.20. The molecule has 3 N–H and O–H groups in total. The van der Waals surface area contributed by atoms with Crippen LogP contribution in [0.1, 0.15) is 43.0 Å². The topological polar surface area (TPSA) is 64.3 Å². The average Bonchev–Trinajstić information content (AvgIpc) is 3.09. The van der Waals surface area contributed by atoms with Gasteiger partial charge in [0.1, 0.15) is 5.75 Å². The Morgan fingerprint density at radius 3 is 2.81 bits per heavy atom. The van der Waals surface area contributed by atoms with Crippen LogP contribution in [0.4, 0.5) is 5.69 Å². The maximum Gasteiger partial charge on any atom is 0.255 e. The fraction of sp³-hybridized carbons (Fsp3) is 0.588. The van der Waals surface area contributed by atoms with Gasteiger partial charge in [-0.3, -0.25) is 4.79 Å². The van der Waals surface area contributed by atoms with Crippen LogP contribution in [-0.4, -0.2) is 19.1 Å². The Kier molecular flexibility index (Phi) is 3.79. The summed E-state index contributed by atoms with van der Waals surface area (Å²) in [6.07, 6.45) is 5.33. The number of nitrogen functional groups attached to an aromatic ring is 1. The van der Waals surface area contributed by atoms with E-state index in [0.717, 1.165) is 11.8 Å². The predicted molar refractivity (Wildman–Crippen MR) is 83.3 cm³/mol. The van der Waals surface area contributed by atoms with E-state index in [1.165, 1.54) is 25.7 Å². The Bertz CT molecular complexity index is 544. The molecule has 2 bridgehead atoms. The van der Waals surface area contributed by atoms with Crippen molar-refractivity contribution in [2.24, 2.45) is 17.8 Å². The summed E-state index contributed by atoms with van der Waals surface area (Å²) < 4.78 is 5.26. The molecule has 0 spiro atoms. The highest BCUT2D eigenvalue weighted by molar-refractivity contribution is 5.98. The second kappa shape index (κ2) is 5.58. The molecule has 0 aromatic heterocycles. The monoisotopic (exact) mass is 288 g/mol. The molecule has 3 rings (SSSR count). The molecule has 2 aliphatic rings. The van der Waals surface area contributed by atoms with Crippen molar-refractivity contribution in [3.05, 3.63) is 23.8 Å². The predicted octanol–water partition coefficient (Wildman–Crippen LogP) is 2.83. The Labute approximate surface area is 126 Å². The summed E-state index contributed by atoms with van der Waals surface area (Å²) in [6.45, 7) is 2.13. The molecular formula is C17H24N2O2. The first-order valence-electron chi connectivity index (χ1n) is 7.83. The second-order valence-electron chi connectivity index (χ2n) is 6.56. The minimum Gasteiger partial charge on any atom is -0.496 e. The molecular weight excluding hydrogens is 264 g/mol. The molecule has 0 saturated heterocycles. The van der Waals surface area contributed by atoms with E-state index in [2.05, 4.69) is 12.2 Å². The zero-order valence-corrected chi connectivity index (χ0v) is 12.8. The van der Waals surface area contributed by atoms with E-state index in [9.17, 15) is 4.79 Å². The quantitative estimate of drug-likeness (QED) is 0.837. The van der Waals surface area contributed by atoms with E-state index >= 15 is 0 Å². The van der Waals surface area contributed by atoms with Crippen LogP contribution in [0.2, 0.25) is 0 Å². The Balaban J connectivity index is 1.70. The molecule has 2 fully saturated rings. The van der Waals surface area contributed by atoms with Gasteiger partial charge in [-0.1, -0.05) is 6.42 Å². The van der Waals surface area contributed by atoms with Crippen molar-refractivity contribution < 1.29 is 9.53 Å². The molecule has 114 valence electrons. The molecule has 4 atom stereocenters. The standard InChI is InChI=1S/C17H24N2O2/c1-10(14-8-11-3-4-12(14)7-11)19-17(20)15-9-13(18)5-6-16(15)21-2/h5-6,9-12,14H,3-4,7-8,18H2,1-2H3,(H,19,20). The molecule has 1 aromatic carbocycles. The zero-order chi connectivity index (χ0) is 15.0. The Hall–Kier alpha value is -1.71. The number of rotatable bonds is 4. The number of nitrogens with two attached hydrogens (primary N) is 1. The number of benzene rings is 1. The Morgan fingerprint density at radius 1 is 1.38 bits per heavy atom. The molecule has 4 nitrogen and oxygen atoms in total. The first kappa shape index (κ1) is 14.2. The number of fused-ring (bicyclic) bond motifs is 2. The molecule has 2 aliphatic carbocycles. The van der Waals surface area contributed by atoms with Gasteiger partial charge in [0.2, 0.25) is 0 Å². The van der Waals surface area contributed by atoms with Gasteiger partial charge in [-0.2, -0.15) is 0 Å². The number of ether oxygens (including phenoxy) is 1. The van der Waals surface area contributed by atoms with Crippen molar-refractivity contribution in [2.75, 3.05) is 12.8 Å². The van der Waals surface area contributed by atoms with E-state index in [1.54, 1.807) is 25.3 Å². The molecule has 21 heavy (non-hydrogen) atoms. The molecule has 0 aliphatic heterocycles. The summed E-state index contributed by atoms with van der Waals surface area (Å²) in [5.74, 6) is 2.80. The van der Waals surface area contributed by atoms with E-state index < -0.39 is 0 Å². The summed E-state index contributed by atoms with van der Waals surface area (Å²) in [6, 6.07) is 5.38. The fourth-order valence-corrected chi connectivity index (χ4v) is 4.20. The summed E-state index contributed by atoms with van der Waals surface area (Å²) in [4.78, 5) is 12.5. The van der Waals surface area contributed by atoms with Crippen LogP contribution in [0.15, 0.2) is 18.2 Å². The average molecular weight is 288 g/mol. The van der Waals surface area contributed by atoms with Gasteiger partial charge in [0.05, 0.1) is 12.7 Å². The highest BCUT2D eigenvalue weighted by Crippen LogP contribution is 2.49. The largest absolute Gasteiger partial charge is 0.496 e. The van der Waals surface area contributed by atoms with Crippen molar-refractivity contribution in [3.8, 4) is 5.75 Å². The minimum absolute atomic E-state index is 0.0885. The number of hydrogen-bond acceptors (Lipinski definition) is 3. The first-order valence-corrected chi connectivity index (χ1v) is 7.83. The van der Waals surface area contributed by atoms with Crippen LogP contribution in [0, 0.1) is 17.8 Å². The van der Waals surface area contributed by atoms with Gasteiger partial charge in [-0.05, 0) is 62.1 Å². The lowest BCUT2D eigenvalue weighted by Gasteiger charge is -2.28. The van der Waals surface area contributed by atoms with Crippen LogP contribution >= 0.6 is 0 Å². The number of methoxy groups -OCH3 is 1. The van der Waals surface area contributed by atoms with Crippen LogP contribution in [0.5, 0.6) is 5.75 Å². The van der Waals surface area contributed by atoms with E-state index in [-0.39, 0.29) is 11.9 Å². The van der Waals surface area contributed by atoms with Gasteiger partial charge in [0, 0.05) is 11.7 Å². The van der Waals surface area contributed by atoms with Crippen molar-refractivity contribution in [1.29, 1.82) is 0 Å². The number of amides is 1. The zero-order valence-electron chi connectivity index (χ0n) is 12.8. The number of carbonyl (C=O) groups excluding carboxylic acids is 1. The van der Waals surface area contributed by atoms with Crippen LogP contribution < -0.4 is 15.8 Å². The first-order chi connectivity index (χ1) is 10.1. The third-order valence-electron chi connectivity index (χ3n) is 5.26. The molecule has 4 unspecified atom stereocenters. The number of anilines is 1. The smallest absolute Gasteiger partial charge is 0.255 e. The number of hydrogen-bond donors (Lipinski definition) is 2. The molecule has 2 saturated carbocycles. The molecule has 4 heteroatoms. The lowest BCUT2D eigenvalue weighted by molar-refractivity contribution is 0.0912. The second-order valence-corrected chi connectivity index (χ2v) is 6.56. The third-order valence-corrected chi connectivity index (χ3v) is 5.26. The summed E-state index contributed by atoms with van der Waals surface area (Å²) >= 11 is 0. The molecule has 0 heterocycles. The van der Waals surface area contributed by atoms with Crippen LogP contribution in [0.3, 0.4) is 0 Å². The van der Waals surface area contributed by atoms with Crippen LogP contribution in [-0.2, 0) is 0 Å². The van der Waals surface area contributed by atoms with E-state index in [1.807, 2.05) is 0 Å². The third kappa shape index (κ3) is 2.71. The minimum atomic E-state index is -0.0885. The van der Waals surface area contributed by atoms with E-state index in [4.69, 9.17) is 10.5 Å². The number of nitrogens with one attached hydrogen (secondary N) is 1. The lowest BCUT2D eigenvalue weighted by atomic mass is 9.84. The lowest BCUT2D eigenvalue weighted by Crippen LogP contribution is -2.40. The highest BCUT2D eigenvalue weighted by Gasteiger charge is 2.42. The van der Waals surface area contributed by atoms with Gasteiger partial charge in [-0.25, -0.2) is 0 Å². The van der Waals surface area contributed by atoms with Gasteiger partial charge < -0.3 is 15.8 Å². The summed E-state index contributed by atoms with van der Waals surface area (Å²) in [5.41, 5.74) is 6.88. The van der Waals surface area contributed by atoms with Crippen molar-refractivity contribution >= 4 is 11.6 Å². The van der Waals surface area contributed by atoms with Gasteiger partial charge in [0.25, 0.3) is 5.91 Å². The SMILES string of the molecule is COc1ccc(N)cc1C(=O)NC(C)C1CC2CCC1C2. The van der Waals surface area contributed by atoms with Crippen molar-refractivity contribution in [3.63, 3.8) is 0 Å².